The topological polar surface area (TPSA) is 65.1 Å². The number of anilines is 1. The minimum atomic E-state index is -0.321. The van der Waals surface area contributed by atoms with E-state index in [9.17, 15) is 9.59 Å². The number of methoxy groups -OCH3 is 1. The lowest BCUT2D eigenvalue weighted by Crippen LogP contribution is -2.47. The molecule has 0 radical (unpaired) electrons. The van der Waals surface area contributed by atoms with E-state index in [4.69, 9.17) is 4.74 Å². The molecule has 0 aromatic heterocycles. The first kappa shape index (κ1) is 21.1. The fourth-order valence-corrected chi connectivity index (χ4v) is 4.53. The highest BCUT2D eigenvalue weighted by molar-refractivity contribution is 6.06. The Kier molecular flexibility index (Phi) is 6.29. The maximum Gasteiger partial charge on any atom is 0.247 e. The standard InChI is InChI=1S/C23H34N4O3/c1-16-5-8-20(30-3)19(15-16)26-13-11-25(12-14-26)9-4-10-27-22(28)17(2)21(23(27)29)24-18-6-7-18/h5,8,15,17-18,21,24H,4,6-7,9-14H2,1-3H3. The second-order valence-electron chi connectivity index (χ2n) is 8.89. The van der Waals surface area contributed by atoms with Gasteiger partial charge in [-0.1, -0.05) is 13.0 Å². The van der Waals surface area contributed by atoms with Gasteiger partial charge in [-0.2, -0.15) is 0 Å². The van der Waals surface area contributed by atoms with Crippen LogP contribution in [0.2, 0.25) is 0 Å². The molecule has 1 N–H and O–H groups in total. The minimum absolute atomic E-state index is 0.0190. The van der Waals surface area contributed by atoms with Gasteiger partial charge in [0.2, 0.25) is 11.8 Å². The number of hydrogen-bond acceptors (Lipinski definition) is 6. The molecule has 2 aliphatic heterocycles. The van der Waals surface area contributed by atoms with Crippen LogP contribution < -0.4 is 15.0 Å². The highest BCUT2D eigenvalue weighted by Crippen LogP contribution is 2.30. The monoisotopic (exact) mass is 414 g/mol. The molecule has 7 heteroatoms. The van der Waals surface area contributed by atoms with E-state index in [2.05, 4.69) is 34.2 Å². The molecule has 1 aromatic carbocycles. The first-order valence-electron chi connectivity index (χ1n) is 11.2. The van der Waals surface area contributed by atoms with Crippen molar-refractivity contribution in [3.63, 3.8) is 0 Å². The van der Waals surface area contributed by atoms with Gasteiger partial charge in [0.25, 0.3) is 0 Å². The van der Waals surface area contributed by atoms with E-state index in [1.165, 1.54) is 10.5 Å². The van der Waals surface area contributed by atoms with Crippen LogP contribution in [0.25, 0.3) is 0 Å². The van der Waals surface area contributed by atoms with E-state index in [1.54, 1.807) is 7.11 Å². The third-order valence-electron chi connectivity index (χ3n) is 6.58. The van der Waals surface area contributed by atoms with Crippen LogP contribution in [0.1, 0.15) is 31.7 Å². The van der Waals surface area contributed by atoms with Gasteiger partial charge < -0.3 is 15.0 Å². The molecule has 164 valence electrons. The summed E-state index contributed by atoms with van der Waals surface area (Å²) in [6.45, 7) is 9.26. The van der Waals surface area contributed by atoms with Crippen molar-refractivity contribution in [2.24, 2.45) is 5.92 Å². The number of amides is 2. The average molecular weight is 415 g/mol. The Balaban J connectivity index is 1.24. The summed E-state index contributed by atoms with van der Waals surface area (Å²) >= 11 is 0. The third-order valence-corrected chi connectivity index (χ3v) is 6.58. The van der Waals surface area contributed by atoms with Gasteiger partial charge in [0.1, 0.15) is 5.75 Å². The van der Waals surface area contributed by atoms with Gasteiger partial charge in [-0.25, -0.2) is 0 Å². The van der Waals surface area contributed by atoms with Gasteiger partial charge in [0, 0.05) is 38.8 Å². The highest BCUT2D eigenvalue weighted by Gasteiger charge is 2.46. The smallest absolute Gasteiger partial charge is 0.247 e. The lowest BCUT2D eigenvalue weighted by molar-refractivity contribution is -0.139. The molecule has 0 spiro atoms. The van der Waals surface area contributed by atoms with Crippen molar-refractivity contribution < 1.29 is 14.3 Å². The number of aryl methyl sites for hydroxylation is 1. The lowest BCUT2D eigenvalue weighted by Gasteiger charge is -2.37. The Bertz CT molecular complexity index is 787. The fraction of sp³-hybridized carbons (Fsp3) is 0.652. The molecule has 4 rings (SSSR count). The summed E-state index contributed by atoms with van der Waals surface area (Å²) in [5.41, 5.74) is 2.39. The van der Waals surface area contributed by atoms with Gasteiger partial charge in [-0.3, -0.25) is 19.4 Å². The zero-order valence-corrected chi connectivity index (χ0v) is 18.4. The lowest BCUT2D eigenvalue weighted by atomic mass is 10.1. The molecule has 2 unspecified atom stereocenters. The molecule has 2 atom stereocenters. The first-order valence-corrected chi connectivity index (χ1v) is 11.2. The van der Waals surface area contributed by atoms with Crippen LogP contribution in [0.5, 0.6) is 5.75 Å². The molecular weight excluding hydrogens is 380 g/mol. The largest absolute Gasteiger partial charge is 0.495 e. The zero-order chi connectivity index (χ0) is 21.3. The molecule has 1 aliphatic carbocycles. The van der Waals surface area contributed by atoms with E-state index in [0.29, 0.717) is 12.6 Å². The van der Waals surface area contributed by atoms with Crippen molar-refractivity contribution in [3.05, 3.63) is 23.8 Å². The number of likely N-dealkylation sites (tertiary alicyclic amines) is 1. The number of piperazine rings is 1. The number of carbonyl (C=O) groups is 2. The number of benzene rings is 1. The van der Waals surface area contributed by atoms with Crippen LogP contribution >= 0.6 is 0 Å². The Morgan fingerprint density at radius 3 is 2.47 bits per heavy atom. The first-order chi connectivity index (χ1) is 14.5. The summed E-state index contributed by atoms with van der Waals surface area (Å²) in [6, 6.07) is 6.40. The second kappa shape index (κ2) is 8.94. The number of nitrogens with one attached hydrogen (secondary N) is 1. The van der Waals surface area contributed by atoms with Crippen molar-refractivity contribution in [1.29, 1.82) is 0 Å². The van der Waals surface area contributed by atoms with Crippen LogP contribution in [0.15, 0.2) is 18.2 Å². The van der Waals surface area contributed by atoms with Crippen LogP contribution in [0.3, 0.4) is 0 Å². The molecule has 2 heterocycles. The predicted molar refractivity (Wildman–Crippen MR) is 117 cm³/mol. The van der Waals surface area contributed by atoms with Crippen LogP contribution in [0, 0.1) is 12.8 Å². The summed E-state index contributed by atoms with van der Waals surface area (Å²) < 4.78 is 5.54. The minimum Gasteiger partial charge on any atom is -0.495 e. The quantitative estimate of drug-likeness (QED) is 0.653. The number of nitrogens with zero attached hydrogens (tertiary/aromatic N) is 3. The molecule has 1 saturated carbocycles. The molecule has 30 heavy (non-hydrogen) atoms. The van der Waals surface area contributed by atoms with Crippen molar-refractivity contribution in [3.8, 4) is 5.75 Å². The molecule has 1 aromatic rings. The maximum atomic E-state index is 12.7. The summed E-state index contributed by atoms with van der Waals surface area (Å²) in [6.07, 6.45) is 3.06. The molecular formula is C23H34N4O3. The number of rotatable bonds is 8. The van der Waals surface area contributed by atoms with E-state index < -0.39 is 0 Å². The SMILES string of the molecule is COc1ccc(C)cc1N1CCN(CCCN2C(=O)C(C)C(NC3CC3)C2=O)CC1. The van der Waals surface area contributed by atoms with Gasteiger partial charge in [0.15, 0.2) is 0 Å². The zero-order valence-electron chi connectivity index (χ0n) is 18.4. The number of hydrogen-bond donors (Lipinski definition) is 1. The molecule has 2 amide bonds. The van der Waals surface area contributed by atoms with Crippen LogP contribution in [-0.2, 0) is 9.59 Å². The number of carbonyl (C=O) groups excluding carboxylic acids is 2. The van der Waals surface area contributed by atoms with E-state index in [1.807, 2.05) is 13.0 Å². The molecule has 0 bridgehead atoms. The Labute approximate surface area is 179 Å². The normalized spacial score (nSPS) is 25.3. The fourth-order valence-electron chi connectivity index (χ4n) is 4.53. The van der Waals surface area contributed by atoms with E-state index >= 15 is 0 Å². The predicted octanol–water partition coefficient (Wildman–Crippen LogP) is 1.64. The Morgan fingerprint density at radius 2 is 1.80 bits per heavy atom. The molecule has 3 aliphatic rings. The maximum absolute atomic E-state index is 12.7. The Morgan fingerprint density at radius 1 is 1.07 bits per heavy atom. The van der Waals surface area contributed by atoms with Crippen molar-refractivity contribution in [1.82, 2.24) is 15.1 Å². The summed E-state index contributed by atoms with van der Waals surface area (Å²) in [4.78, 5) is 31.5. The van der Waals surface area contributed by atoms with Gasteiger partial charge >= 0.3 is 0 Å². The molecule has 7 nitrogen and oxygen atoms in total. The summed E-state index contributed by atoms with van der Waals surface area (Å²) in [5.74, 6) is 0.625. The second-order valence-corrected chi connectivity index (χ2v) is 8.89. The molecule has 2 saturated heterocycles. The van der Waals surface area contributed by atoms with E-state index in [0.717, 1.165) is 63.4 Å². The molecule has 3 fully saturated rings. The van der Waals surface area contributed by atoms with Crippen molar-refractivity contribution in [2.75, 3.05) is 51.3 Å². The summed E-state index contributed by atoms with van der Waals surface area (Å²) in [7, 11) is 1.72. The van der Waals surface area contributed by atoms with Crippen molar-refractivity contribution in [2.45, 2.75) is 45.2 Å². The third kappa shape index (κ3) is 4.47. The van der Waals surface area contributed by atoms with Gasteiger partial charge in [-0.15, -0.1) is 0 Å². The number of ether oxygens (including phenoxy) is 1. The van der Waals surface area contributed by atoms with Crippen LogP contribution in [0.4, 0.5) is 5.69 Å². The summed E-state index contributed by atoms with van der Waals surface area (Å²) in [5, 5.41) is 3.35. The van der Waals surface area contributed by atoms with Gasteiger partial charge in [-0.05, 0) is 50.4 Å². The number of imide groups is 1. The Hall–Kier alpha value is -2.12. The van der Waals surface area contributed by atoms with E-state index in [-0.39, 0.29) is 23.8 Å². The van der Waals surface area contributed by atoms with Crippen molar-refractivity contribution >= 4 is 17.5 Å². The van der Waals surface area contributed by atoms with Crippen LogP contribution in [-0.4, -0.2) is 80.1 Å². The van der Waals surface area contributed by atoms with Gasteiger partial charge in [0.05, 0.1) is 24.8 Å². The average Bonchev–Trinajstić information content (AvgIpc) is 3.55. The highest BCUT2D eigenvalue weighted by atomic mass is 16.5.